The van der Waals surface area contributed by atoms with Crippen LogP contribution in [0.3, 0.4) is 0 Å². The maximum absolute atomic E-state index is 11.5. The Hall–Kier alpha value is -2.10. The molecule has 1 aromatic carbocycles. The van der Waals surface area contributed by atoms with Gasteiger partial charge in [0.2, 0.25) is 0 Å². The van der Waals surface area contributed by atoms with Crippen LogP contribution in [0.1, 0.15) is 19.4 Å². The summed E-state index contributed by atoms with van der Waals surface area (Å²) in [4.78, 5) is 33.8. The summed E-state index contributed by atoms with van der Waals surface area (Å²) in [5, 5.41) is 4.52. The summed E-state index contributed by atoms with van der Waals surface area (Å²) in [7, 11) is 0. The molecule has 0 aliphatic carbocycles. The van der Waals surface area contributed by atoms with Crippen molar-refractivity contribution in [3.8, 4) is 11.5 Å². The smallest absolute Gasteiger partial charge is 0.326 e. The third-order valence-corrected chi connectivity index (χ3v) is 3.41. The van der Waals surface area contributed by atoms with E-state index in [1.807, 2.05) is 22.6 Å². The zero-order valence-corrected chi connectivity index (χ0v) is 14.0. The van der Waals surface area contributed by atoms with Gasteiger partial charge in [-0.1, -0.05) is 0 Å². The lowest BCUT2D eigenvalue weighted by atomic mass is 10.1. The van der Waals surface area contributed by atoms with Crippen LogP contribution in [0, 0.1) is 3.57 Å². The normalized spacial score (nSPS) is 15.5. The molecule has 1 aliphatic rings. The van der Waals surface area contributed by atoms with Gasteiger partial charge in [-0.25, -0.2) is 4.79 Å². The Bertz CT molecular complexity index is 684. The zero-order chi connectivity index (χ0) is 16.3. The molecular formula is C14H13IN2O5. The van der Waals surface area contributed by atoms with E-state index in [9.17, 15) is 14.4 Å². The fraction of sp³-hybridized carbons (Fsp3) is 0.214. The first kappa shape index (κ1) is 16.3. The van der Waals surface area contributed by atoms with Gasteiger partial charge in [0.25, 0.3) is 5.91 Å². The molecule has 0 unspecified atom stereocenters. The number of esters is 1. The molecule has 8 heteroatoms. The van der Waals surface area contributed by atoms with Gasteiger partial charge in [0, 0.05) is 6.92 Å². The molecule has 1 aromatic rings. The molecule has 116 valence electrons. The molecule has 1 saturated heterocycles. The van der Waals surface area contributed by atoms with E-state index in [1.165, 1.54) is 13.0 Å². The van der Waals surface area contributed by atoms with Crippen molar-refractivity contribution in [2.24, 2.45) is 0 Å². The van der Waals surface area contributed by atoms with Crippen molar-refractivity contribution >= 4 is 46.6 Å². The van der Waals surface area contributed by atoms with Crippen LogP contribution < -0.4 is 20.1 Å². The van der Waals surface area contributed by atoms with Crippen molar-refractivity contribution in [2.45, 2.75) is 13.8 Å². The van der Waals surface area contributed by atoms with Crippen molar-refractivity contribution in [2.75, 3.05) is 6.61 Å². The Morgan fingerprint density at radius 2 is 2.05 bits per heavy atom. The Morgan fingerprint density at radius 3 is 2.59 bits per heavy atom. The molecule has 0 radical (unpaired) electrons. The highest BCUT2D eigenvalue weighted by Gasteiger charge is 2.23. The van der Waals surface area contributed by atoms with E-state index in [0.717, 1.165) is 0 Å². The highest BCUT2D eigenvalue weighted by Crippen LogP contribution is 2.35. The number of carbonyl (C=O) groups excluding carboxylic acids is 3. The minimum absolute atomic E-state index is 0.142. The van der Waals surface area contributed by atoms with Crippen LogP contribution in [0.25, 0.3) is 6.08 Å². The molecule has 1 aliphatic heterocycles. The average molecular weight is 416 g/mol. The van der Waals surface area contributed by atoms with Crippen molar-refractivity contribution in [1.82, 2.24) is 10.6 Å². The molecular weight excluding hydrogens is 403 g/mol. The van der Waals surface area contributed by atoms with Crippen molar-refractivity contribution < 1.29 is 23.9 Å². The third-order valence-electron chi connectivity index (χ3n) is 2.61. The second-order valence-corrected chi connectivity index (χ2v) is 5.49. The van der Waals surface area contributed by atoms with Crippen molar-refractivity contribution in [3.63, 3.8) is 0 Å². The minimum Gasteiger partial charge on any atom is -0.490 e. The number of hydrogen-bond donors (Lipinski definition) is 2. The second kappa shape index (κ2) is 6.77. The molecule has 2 rings (SSSR count). The lowest BCUT2D eigenvalue weighted by molar-refractivity contribution is -0.132. The predicted molar refractivity (Wildman–Crippen MR) is 86.3 cm³/mol. The van der Waals surface area contributed by atoms with E-state index >= 15 is 0 Å². The molecule has 1 heterocycles. The molecule has 0 saturated carbocycles. The van der Waals surface area contributed by atoms with Crippen molar-refractivity contribution in [1.29, 1.82) is 0 Å². The summed E-state index contributed by atoms with van der Waals surface area (Å²) in [5.41, 5.74) is 0.777. The molecule has 3 amide bonds. The Kier molecular flexibility index (Phi) is 5.01. The van der Waals surface area contributed by atoms with Gasteiger partial charge in [-0.3, -0.25) is 14.9 Å². The van der Waals surface area contributed by atoms with Crippen LogP contribution in [0.5, 0.6) is 11.5 Å². The third kappa shape index (κ3) is 3.75. The summed E-state index contributed by atoms with van der Waals surface area (Å²) in [6.07, 6.45) is 1.52. The van der Waals surface area contributed by atoms with E-state index in [1.54, 1.807) is 19.1 Å². The fourth-order valence-corrected chi connectivity index (χ4v) is 2.56. The first-order chi connectivity index (χ1) is 10.4. The monoisotopic (exact) mass is 416 g/mol. The number of ether oxygens (including phenoxy) is 2. The Labute approximate surface area is 140 Å². The van der Waals surface area contributed by atoms with Gasteiger partial charge in [0.15, 0.2) is 11.5 Å². The summed E-state index contributed by atoms with van der Waals surface area (Å²) < 4.78 is 11.3. The van der Waals surface area contributed by atoms with Gasteiger partial charge in [0.1, 0.15) is 5.70 Å². The fourth-order valence-electron chi connectivity index (χ4n) is 1.83. The molecule has 22 heavy (non-hydrogen) atoms. The first-order valence-corrected chi connectivity index (χ1v) is 7.47. The highest BCUT2D eigenvalue weighted by atomic mass is 127. The van der Waals surface area contributed by atoms with Gasteiger partial charge in [-0.15, -0.1) is 0 Å². The molecule has 1 fully saturated rings. The number of carbonyl (C=O) groups is 3. The van der Waals surface area contributed by atoms with Crippen LogP contribution >= 0.6 is 22.6 Å². The molecule has 0 bridgehead atoms. The van der Waals surface area contributed by atoms with Crippen LogP contribution in [0.15, 0.2) is 17.8 Å². The minimum atomic E-state index is -0.562. The predicted octanol–water partition coefficient (Wildman–Crippen LogP) is 1.80. The van der Waals surface area contributed by atoms with Crippen LogP contribution in [0.2, 0.25) is 0 Å². The summed E-state index contributed by atoms with van der Waals surface area (Å²) in [5.74, 6) is -0.229. The summed E-state index contributed by atoms with van der Waals surface area (Å²) in [6, 6.07) is 2.79. The zero-order valence-electron chi connectivity index (χ0n) is 11.9. The number of benzene rings is 1. The van der Waals surface area contributed by atoms with Gasteiger partial charge < -0.3 is 14.8 Å². The highest BCUT2D eigenvalue weighted by molar-refractivity contribution is 14.1. The van der Waals surface area contributed by atoms with Crippen LogP contribution in [-0.4, -0.2) is 24.5 Å². The number of amides is 3. The number of rotatable bonds is 4. The number of hydrogen-bond acceptors (Lipinski definition) is 5. The lowest BCUT2D eigenvalue weighted by Crippen LogP contribution is -2.22. The van der Waals surface area contributed by atoms with E-state index in [-0.39, 0.29) is 5.70 Å². The van der Waals surface area contributed by atoms with Crippen LogP contribution in [-0.2, 0) is 9.59 Å². The van der Waals surface area contributed by atoms with Crippen molar-refractivity contribution in [3.05, 3.63) is 27.0 Å². The van der Waals surface area contributed by atoms with Gasteiger partial charge in [0.05, 0.1) is 10.2 Å². The Balaban J connectivity index is 2.42. The van der Waals surface area contributed by atoms with Crippen LogP contribution in [0.4, 0.5) is 4.79 Å². The SMILES string of the molecule is CCOc1cc(/C=C2\NC(=O)NC2=O)cc(I)c1OC(C)=O. The first-order valence-electron chi connectivity index (χ1n) is 6.39. The molecule has 0 atom stereocenters. The molecule has 0 aromatic heterocycles. The van der Waals surface area contributed by atoms with Gasteiger partial charge in [-0.2, -0.15) is 0 Å². The maximum Gasteiger partial charge on any atom is 0.326 e. The van der Waals surface area contributed by atoms with Gasteiger partial charge >= 0.3 is 12.0 Å². The maximum atomic E-state index is 11.5. The second-order valence-electron chi connectivity index (χ2n) is 4.32. The molecule has 7 nitrogen and oxygen atoms in total. The average Bonchev–Trinajstić information content (AvgIpc) is 2.72. The topological polar surface area (TPSA) is 93.7 Å². The number of imide groups is 1. The summed E-state index contributed by atoms with van der Waals surface area (Å²) >= 11 is 2.01. The molecule has 0 spiro atoms. The van der Waals surface area contributed by atoms with E-state index in [4.69, 9.17) is 9.47 Å². The Morgan fingerprint density at radius 1 is 1.32 bits per heavy atom. The quantitative estimate of drug-likeness (QED) is 0.257. The number of nitrogens with one attached hydrogen (secondary N) is 2. The summed E-state index contributed by atoms with van der Waals surface area (Å²) in [6.45, 7) is 3.50. The standard InChI is InChI=1S/C14H13IN2O5/c1-3-21-11-6-8(4-9(15)12(11)22-7(2)18)5-10-13(19)17-14(20)16-10/h4-6H,3H2,1-2H3,(H2,16,17,19,20)/b10-5-. The largest absolute Gasteiger partial charge is 0.490 e. The number of halogens is 1. The molecule has 2 N–H and O–H groups in total. The number of urea groups is 1. The lowest BCUT2D eigenvalue weighted by Gasteiger charge is -2.12. The van der Waals surface area contributed by atoms with E-state index in [0.29, 0.717) is 27.2 Å². The van der Waals surface area contributed by atoms with Gasteiger partial charge in [-0.05, 0) is 53.3 Å². The van der Waals surface area contributed by atoms with E-state index in [2.05, 4.69) is 10.6 Å². The van der Waals surface area contributed by atoms with E-state index < -0.39 is 17.9 Å².